The van der Waals surface area contributed by atoms with Crippen molar-refractivity contribution in [3.8, 4) is 0 Å². The minimum atomic E-state index is 0.0191. The maximum atomic E-state index is 5.40. The van der Waals surface area contributed by atoms with Gasteiger partial charge in [0.05, 0.1) is 6.26 Å². The highest BCUT2D eigenvalue weighted by molar-refractivity contribution is 5.74. The summed E-state index contributed by atoms with van der Waals surface area (Å²) >= 11 is 0. The van der Waals surface area contributed by atoms with Crippen LogP contribution in [0, 0.1) is 0 Å². The smallest absolute Gasteiger partial charge is 0.204 e. The van der Waals surface area contributed by atoms with Gasteiger partial charge in [-0.05, 0) is 29.0 Å². The number of rotatable bonds is 1. The van der Waals surface area contributed by atoms with E-state index in [2.05, 4.69) is 20.6 Å². The first kappa shape index (κ1) is 8.16. The molecule has 0 fully saturated rings. The summed E-state index contributed by atoms with van der Waals surface area (Å²) in [6.07, 6.45) is 11.5. The second-order valence-corrected chi connectivity index (χ2v) is 3.25. The number of hydrogen-bond donors (Lipinski definition) is 1. The summed E-state index contributed by atoms with van der Waals surface area (Å²) < 4.78 is 5.40. The normalized spacial score (nSPS) is 22.8. The van der Waals surface area contributed by atoms with Crippen LogP contribution in [0.4, 0.5) is 0 Å². The monoisotopic (exact) mass is 200 g/mol. The largest absolute Gasteiger partial charge is 0.489 e. The second-order valence-electron chi connectivity index (χ2n) is 3.25. The molecular weight excluding hydrogens is 192 g/mol. The van der Waals surface area contributed by atoms with Crippen molar-refractivity contribution in [3.63, 3.8) is 0 Å². The Bertz CT molecular complexity index is 482. The molecule has 1 N–H and O–H groups in total. The molecule has 15 heavy (non-hydrogen) atoms. The van der Waals surface area contributed by atoms with Gasteiger partial charge in [-0.2, -0.15) is 5.21 Å². The van der Waals surface area contributed by atoms with Gasteiger partial charge in [0, 0.05) is 5.57 Å². The Morgan fingerprint density at radius 1 is 1.40 bits per heavy atom. The zero-order valence-electron chi connectivity index (χ0n) is 7.79. The summed E-state index contributed by atoms with van der Waals surface area (Å²) in [5.41, 5.74) is 2.03. The molecule has 74 valence electrons. The van der Waals surface area contributed by atoms with Gasteiger partial charge >= 0.3 is 0 Å². The fourth-order valence-electron chi connectivity index (χ4n) is 1.58. The fraction of sp³-hybridized carbons (Fsp3) is 0.100. The average molecular weight is 200 g/mol. The summed E-state index contributed by atoms with van der Waals surface area (Å²) in [5, 5.41) is 13.8. The molecule has 1 aromatic rings. The van der Waals surface area contributed by atoms with Gasteiger partial charge in [-0.3, -0.25) is 0 Å². The second kappa shape index (κ2) is 3.20. The Kier molecular flexibility index (Phi) is 1.74. The highest BCUT2D eigenvalue weighted by Gasteiger charge is 2.18. The molecule has 0 spiro atoms. The number of allylic oxidation sites excluding steroid dienone is 4. The third kappa shape index (κ3) is 1.38. The standard InChI is InChI=1S/C10H8N4O/c1-2-7-6-8(10-11-13-14-12-10)3-4-9(7)15-5-1/h1-6,9H,(H,11,12,13,14). The molecular formula is C10H8N4O. The Morgan fingerprint density at radius 3 is 3.27 bits per heavy atom. The number of ether oxygens (including phenoxy) is 1. The molecule has 5 nitrogen and oxygen atoms in total. The molecule has 3 rings (SSSR count). The topological polar surface area (TPSA) is 63.7 Å². The predicted octanol–water partition coefficient (Wildman–Crippen LogP) is 0.992. The minimum absolute atomic E-state index is 0.0191. The predicted molar refractivity (Wildman–Crippen MR) is 53.4 cm³/mol. The van der Waals surface area contributed by atoms with Crippen LogP contribution in [-0.4, -0.2) is 26.7 Å². The van der Waals surface area contributed by atoms with Gasteiger partial charge in [-0.1, -0.05) is 12.2 Å². The Hall–Kier alpha value is -2.17. The Balaban J connectivity index is 2.00. The first-order valence-electron chi connectivity index (χ1n) is 4.59. The van der Waals surface area contributed by atoms with Crippen LogP contribution in [0.15, 0.2) is 42.2 Å². The SMILES string of the molecule is C1=COC2C=CC(c3nn[nH]n3)=CC2=C1. The zero-order chi connectivity index (χ0) is 10.1. The summed E-state index contributed by atoms with van der Waals surface area (Å²) in [5.74, 6) is 0.597. The lowest BCUT2D eigenvalue weighted by molar-refractivity contribution is 0.216. The molecule has 0 aromatic carbocycles. The van der Waals surface area contributed by atoms with Gasteiger partial charge in [0.2, 0.25) is 5.82 Å². The Morgan fingerprint density at radius 2 is 2.40 bits per heavy atom. The van der Waals surface area contributed by atoms with E-state index in [0.29, 0.717) is 5.82 Å². The van der Waals surface area contributed by atoms with Gasteiger partial charge in [-0.25, -0.2) is 0 Å². The van der Waals surface area contributed by atoms with E-state index < -0.39 is 0 Å². The van der Waals surface area contributed by atoms with E-state index in [4.69, 9.17) is 4.74 Å². The number of nitrogens with one attached hydrogen (secondary N) is 1. The van der Waals surface area contributed by atoms with Crippen LogP contribution in [0.1, 0.15) is 5.82 Å². The van der Waals surface area contributed by atoms with E-state index >= 15 is 0 Å². The molecule has 1 atom stereocenters. The van der Waals surface area contributed by atoms with Gasteiger partial charge < -0.3 is 4.74 Å². The van der Waals surface area contributed by atoms with Crippen LogP contribution in [0.2, 0.25) is 0 Å². The van der Waals surface area contributed by atoms with E-state index in [1.165, 1.54) is 0 Å². The van der Waals surface area contributed by atoms with Crippen LogP contribution < -0.4 is 0 Å². The molecule has 1 aliphatic heterocycles. The van der Waals surface area contributed by atoms with Gasteiger partial charge in [0.1, 0.15) is 6.10 Å². The molecule has 0 amide bonds. The minimum Gasteiger partial charge on any atom is -0.489 e. The van der Waals surface area contributed by atoms with Crippen LogP contribution in [0.5, 0.6) is 0 Å². The van der Waals surface area contributed by atoms with Crippen LogP contribution in [-0.2, 0) is 4.74 Å². The van der Waals surface area contributed by atoms with E-state index in [1.54, 1.807) is 6.26 Å². The van der Waals surface area contributed by atoms with Crippen molar-refractivity contribution in [3.05, 3.63) is 48.0 Å². The van der Waals surface area contributed by atoms with Crippen molar-refractivity contribution in [1.82, 2.24) is 20.6 Å². The van der Waals surface area contributed by atoms with Crippen molar-refractivity contribution in [2.24, 2.45) is 0 Å². The van der Waals surface area contributed by atoms with Crippen LogP contribution >= 0.6 is 0 Å². The first-order chi connectivity index (χ1) is 7.43. The summed E-state index contributed by atoms with van der Waals surface area (Å²) in [7, 11) is 0. The first-order valence-corrected chi connectivity index (χ1v) is 4.59. The zero-order valence-corrected chi connectivity index (χ0v) is 7.79. The maximum Gasteiger partial charge on any atom is 0.204 e. The van der Waals surface area contributed by atoms with Crippen LogP contribution in [0.25, 0.3) is 5.57 Å². The lowest BCUT2D eigenvalue weighted by Gasteiger charge is -2.20. The molecule has 1 aromatic heterocycles. The third-order valence-electron chi connectivity index (χ3n) is 2.30. The molecule has 0 radical (unpaired) electrons. The van der Waals surface area contributed by atoms with E-state index in [9.17, 15) is 0 Å². The molecule has 0 saturated heterocycles. The third-order valence-corrected chi connectivity index (χ3v) is 2.30. The summed E-state index contributed by atoms with van der Waals surface area (Å²) in [6, 6.07) is 0. The number of aromatic amines is 1. The average Bonchev–Trinajstić information content (AvgIpc) is 2.82. The quantitative estimate of drug-likeness (QED) is 0.734. The lowest BCUT2D eigenvalue weighted by atomic mass is 9.98. The van der Waals surface area contributed by atoms with E-state index in [1.807, 2.05) is 30.4 Å². The number of H-pyrrole nitrogens is 1. The van der Waals surface area contributed by atoms with Gasteiger partial charge in [-0.15, -0.1) is 10.2 Å². The number of fused-ring (bicyclic) bond motifs is 1. The van der Waals surface area contributed by atoms with Crippen molar-refractivity contribution >= 4 is 5.57 Å². The molecule has 0 saturated carbocycles. The van der Waals surface area contributed by atoms with Crippen molar-refractivity contribution in [2.45, 2.75) is 6.10 Å². The number of tetrazole rings is 1. The molecule has 5 heteroatoms. The highest BCUT2D eigenvalue weighted by atomic mass is 16.5. The molecule has 1 unspecified atom stereocenters. The van der Waals surface area contributed by atoms with Crippen molar-refractivity contribution in [2.75, 3.05) is 0 Å². The molecule has 2 aliphatic rings. The maximum absolute atomic E-state index is 5.40. The van der Waals surface area contributed by atoms with E-state index in [0.717, 1.165) is 11.1 Å². The number of nitrogens with zero attached hydrogens (tertiary/aromatic N) is 3. The fourth-order valence-corrected chi connectivity index (χ4v) is 1.58. The molecule has 1 aliphatic carbocycles. The van der Waals surface area contributed by atoms with E-state index in [-0.39, 0.29) is 6.10 Å². The number of hydrogen-bond acceptors (Lipinski definition) is 4. The summed E-state index contributed by atoms with van der Waals surface area (Å²) in [6.45, 7) is 0. The van der Waals surface area contributed by atoms with Crippen molar-refractivity contribution < 1.29 is 4.74 Å². The number of aromatic nitrogens is 4. The van der Waals surface area contributed by atoms with Gasteiger partial charge in [0.15, 0.2) is 0 Å². The lowest BCUT2D eigenvalue weighted by Crippen LogP contribution is -2.14. The highest BCUT2D eigenvalue weighted by Crippen LogP contribution is 2.25. The summed E-state index contributed by atoms with van der Waals surface area (Å²) in [4.78, 5) is 0. The van der Waals surface area contributed by atoms with Gasteiger partial charge in [0.25, 0.3) is 0 Å². The van der Waals surface area contributed by atoms with Crippen molar-refractivity contribution in [1.29, 1.82) is 0 Å². The van der Waals surface area contributed by atoms with Crippen LogP contribution in [0.3, 0.4) is 0 Å². The molecule has 0 bridgehead atoms. The Labute approximate surface area is 85.8 Å². The molecule has 2 heterocycles.